The van der Waals surface area contributed by atoms with E-state index < -0.39 is 0 Å². The SMILES string of the molecule is CCC(CC)CNC(=NC)NCc1nc(-c2ccccc2)cs1.I. The molecule has 132 valence electrons. The highest BCUT2D eigenvalue weighted by Crippen LogP contribution is 2.21. The molecule has 4 nitrogen and oxygen atoms in total. The zero-order valence-electron chi connectivity index (χ0n) is 14.6. The quantitative estimate of drug-likeness (QED) is 0.364. The van der Waals surface area contributed by atoms with Gasteiger partial charge in [-0.1, -0.05) is 57.0 Å². The van der Waals surface area contributed by atoms with Crippen molar-refractivity contribution in [3.63, 3.8) is 0 Å². The zero-order valence-corrected chi connectivity index (χ0v) is 17.7. The largest absolute Gasteiger partial charge is 0.356 e. The first kappa shape index (κ1) is 20.9. The average Bonchev–Trinajstić information content (AvgIpc) is 3.08. The molecule has 2 rings (SSSR count). The van der Waals surface area contributed by atoms with E-state index in [4.69, 9.17) is 0 Å². The summed E-state index contributed by atoms with van der Waals surface area (Å²) < 4.78 is 0. The minimum absolute atomic E-state index is 0. The Morgan fingerprint density at radius 2 is 1.88 bits per heavy atom. The van der Waals surface area contributed by atoms with Crippen LogP contribution in [0.15, 0.2) is 40.7 Å². The number of hydrogen-bond acceptors (Lipinski definition) is 3. The van der Waals surface area contributed by atoms with Gasteiger partial charge in [-0.05, 0) is 5.92 Å². The van der Waals surface area contributed by atoms with Gasteiger partial charge in [-0.2, -0.15) is 0 Å². The molecule has 2 aromatic rings. The first-order valence-electron chi connectivity index (χ1n) is 8.21. The second-order valence-electron chi connectivity index (χ2n) is 5.48. The number of rotatable bonds is 7. The smallest absolute Gasteiger partial charge is 0.191 e. The van der Waals surface area contributed by atoms with Crippen molar-refractivity contribution in [2.45, 2.75) is 33.2 Å². The lowest BCUT2D eigenvalue weighted by molar-refractivity contribution is 0.481. The third-order valence-corrected chi connectivity index (χ3v) is 4.81. The highest BCUT2D eigenvalue weighted by molar-refractivity contribution is 14.0. The second-order valence-corrected chi connectivity index (χ2v) is 6.42. The molecule has 24 heavy (non-hydrogen) atoms. The van der Waals surface area contributed by atoms with Crippen LogP contribution in [0.4, 0.5) is 0 Å². The summed E-state index contributed by atoms with van der Waals surface area (Å²) in [5.74, 6) is 1.53. The fourth-order valence-corrected chi connectivity index (χ4v) is 3.07. The van der Waals surface area contributed by atoms with Crippen molar-refractivity contribution in [2.75, 3.05) is 13.6 Å². The summed E-state index contributed by atoms with van der Waals surface area (Å²) in [7, 11) is 1.81. The number of aromatic nitrogens is 1. The molecule has 0 saturated carbocycles. The molecule has 6 heteroatoms. The number of nitrogens with one attached hydrogen (secondary N) is 2. The number of guanidine groups is 1. The van der Waals surface area contributed by atoms with Crippen LogP contribution in [0.2, 0.25) is 0 Å². The fraction of sp³-hybridized carbons (Fsp3) is 0.444. The molecule has 0 radical (unpaired) electrons. The molecule has 1 heterocycles. The van der Waals surface area contributed by atoms with Crippen LogP contribution in [0, 0.1) is 5.92 Å². The molecule has 0 amide bonds. The number of benzene rings is 1. The van der Waals surface area contributed by atoms with Crippen molar-refractivity contribution in [3.8, 4) is 11.3 Å². The Morgan fingerprint density at radius 1 is 1.17 bits per heavy atom. The van der Waals surface area contributed by atoms with E-state index in [9.17, 15) is 0 Å². The highest BCUT2D eigenvalue weighted by Gasteiger charge is 2.07. The van der Waals surface area contributed by atoms with E-state index >= 15 is 0 Å². The molecule has 0 bridgehead atoms. The van der Waals surface area contributed by atoms with Gasteiger partial charge >= 0.3 is 0 Å². The van der Waals surface area contributed by atoms with Gasteiger partial charge in [0, 0.05) is 24.5 Å². The number of nitrogens with zero attached hydrogens (tertiary/aromatic N) is 2. The molecule has 0 saturated heterocycles. The predicted molar refractivity (Wildman–Crippen MR) is 115 cm³/mol. The Labute approximate surface area is 166 Å². The third-order valence-electron chi connectivity index (χ3n) is 3.96. The first-order chi connectivity index (χ1) is 11.3. The summed E-state index contributed by atoms with van der Waals surface area (Å²) in [4.78, 5) is 8.97. The van der Waals surface area contributed by atoms with Crippen molar-refractivity contribution in [2.24, 2.45) is 10.9 Å². The molecular weight excluding hydrogens is 431 g/mol. The third kappa shape index (κ3) is 6.39. The van der Waals surface area contributed by atoms with Crippen molar-refractivity contribution in [3.05, 3.63) is 40.7 Å². The van der Waals surface area contributed by atoms with E-state index in [1.54, 1.807) is 18.4 Å². The standard InChI is InChI=1S/C18H26N4S.HI/c1-4-14(5-2)11-20-18(19-3)21-12-17-22-16(13-23-17)15-9-7-6-8-10-15;/h6-10,13-14H,4-5,11-12H2,1-3H3,(H2,19,20,21);1H. The van der Waals surface area contributed by atoms with Crippen molar-refractivity contribution >= 4 is 41.3 Å². The lowest BCUT2D eigenvalue weighted by atomic mass is 10.0. The van der Waals surface area contributed by atoms with Gasteiger partial charge in [0.05, 0.1) is 12.2 Å². The van der Waals surface area contributed by atoms with E-state index in [1.807, 2.05) is 18.2 Å². The van der Waals surface area contributed by atoms with Crippen LogP contribution in [-0.4, -0.2) is 24.5 Å². The lowest BCUT2D eigenvalue weighted by Crippen LogP contribution is -2.39. The first-order valence-corrected chi connectivity index (χ1v) is 9.09. The monoisotopic (exact) mass is 458 g/mol. The van der Waals surface area contributed by atoms with Crippen LogP contribution in [-0.2, 0) is 6.54 Å². The van der Waals surface area contributed by atoms with Crippen LogP contribution in [0.5, 0.6) is 0 Å². The van der Waals surface area contributed by atoms with Gasteiger partial charge in [-0.3, -0.25) is 4.99 Å². The van der Waals surface area contributed by atoms with Gasteiger partial charge in [0.1, 0.15) is 5.01 Å². The topological polar surface area (TPSA) is 49.3 Å². The predicted octanol–water partition coefficient (Wildman–Crippen LogP) is 4.53. The molecule has 2 N–H and O–H groups in total. The van der Waals surface area contributed by atoms with Gasteiger partial charge in [-0.15, -0.1) is 35.3 Å². The molecule has 1 aromatic heterocycles. The molecule has 0 fully saturated rings. The molecule has 0 atom stereocenters. The molecule has 0 spiro atoms. The van der Waals surface area contributed by atoms with Crippen molar-refractivity contribution in [1.29, 1.82) is 0 Å². The summed E-state index contributed by atoms with van der Waals surface area (Å²) in [6.07, 6.45) is 2.38. The van der Waals surface area contributed by atoms with E-state index in [0.29, 0.717) is 12.5 Å². The Bertz CT molecular complexity index is 608. The van der Waals surface area contributed by atoms with E-state index in [-0.39, 0.29) is 24.0 Å². The summed E-state index contributed by atoms with van der Waals surface area (Å²) in [6, 6.07) is 10.3. The average molecular weight is 458 g/mol. The Balaban J connectivity index is 0.00000288. The maximum absolute atomic E-state index is 4.69. The number of aliphatic imine (C=N–C) groups is 1. The molecule has 0 aliphatic rings. The number of hydrogen-bond donors (Lipinski definition) is 2. The van der Waals surface area contributed by atoms with Gasteiger partial charge in [0.25, 0.3) is 0 Å². The van der Waals surface area contributed by atoms with Crippen molar-refractivity contribution in [1.82, 2.24) is 15.6 Å². The van der Waals surface area contributed by atoms with Gasteiger partial charge < -0.3 is 10.6 Å². The minimum atomic E-state index is 0. The van der Waals surface area contributed by atoms with Crippen LogP contribution in [0.1, 0.15) is 31.7 Å². The van der Waals surface area contributed by atoms with Gasteiger partial charge in [0.2, 0.25) is 0 Å². The lowest BCUT2D eigenvalue weighted by Gasteiger charge is -2.16. The normalized spacial score (nSPS) is 11.2. The summed E-state index contributed by atoms with van der Waals surface area (Å²) in [5, 5.41) is 9.90. The Kier molecular flexibility index (Phi) is 9.94. The van der Waals surface area contributed by atoms with Crippen LogP contribution in [0.25, 0.3) is 11.3 Å². The summed E-state index contributed by atoms with van der Waals surface area (Å²) in [5.41, 5.74) is 2.19. The maximum atomic E-state index is 4.69. The molecule has 0 aliphatic carbocycles. The minimum Gasteiger partial charge on any atom is -0.356 e. The molecule has 0 aliphatic heterocycles. The van der Waals surface area contributed by atoms with Crippen LogP contribution >= 0.6 is 35.3 Å². The van der Waals surface area contributed by atoms with E-state index in [2.05, 4.69) is 52.0 Å². The molecule has 0 unspecified atom stereocenters. The van der Waals surface area contributed by atoms with Gasteiger partial charge in [-0.25, -0.2) is 4.98 Å². The number of halogens is 1. The van der Waals surface area contributed by atoms with E-state index in [1.165, 1.54) is 12.8 Å². The highest BCUT2D eigenvalue weighted by atomic mass is 127. The second kappa shape index (κ2) is 11.4. The molecular formula is C18H27IN4S. The summed E-state index contributed by atoms with van der Waals surface area (Å²) in [6.45, 7) is 6.11. The Morgan fingerprint density at radius 3 is 2.50 bits per heavy atom. The van der Waals surface area contributed by atoms with Gasteiger partial charge in [0.15, 0.2) is 5.96 Å². The zero-order chi connectivity index (χ0) is 16.5. The maximum Gasteiger partial charge on any atom is 0.191 e. The fourth-order valence-electron chi connectivity index (χ4n) is 2.33. The van der Waals surface area contributed by atoms with E-state index in [0.717, 1.165) is 28.8 Å². The van der Waals surface area contributed by atoms with Crippen LogP contribution < -0.4 is 10.6 Å². The van der Waals surface area contributed by atoms with Crippen molar-refractivity contribution < 1.29 is 0 Å². The molecule has 1 aromatic carbocycles. The number of thiazole rings is 1. The Hall–Kier alpha value is -1.15. The summed E-state index contributed by atoms with van der Waals surface area (Å²) >= 11 is 1.67. The van der Waals surface area contributed by atoms with Crippen LogP contribution in [0.3, 0.4) is 0 Å².